The Morgan fingerprint density at radius 2 is 2.02 bits per heavy atom. The molecule has 0 spiro atoms. The van der Waals surface area contributed by atoms with E-state index in [0.29, 0.717) is 53.2 Å². The number of fused-ring (bicyclic) bond motifs is 1. The van der Waals surface area contributed by atoms with Crippen molar-refractivity contribution in [3.8, 4) is 28.5 Å². The molecule has 0 unspecified atom stereocenters. The maximum Gasteiger partial charge on any atom is 0.493 e. The van der Waals surface area contributed by atoms with E-state index in [0.717, 1.165) is 0 Å². The van der Waals surface area contributed by atoms with E-state index in [9.17, 15) is 28.0 Å². The third kappa shape index (κ3) is 5.91. The van der Waals surface area contributed by atoms with Crippen LogP contribution in [-0.2, 0) is 9.63 Å². The monoisotopic (exact) mass is 584 g/mol. The van der Waals surface area contributed by atoms with Crippen LogP contribution in [0.2, 0.25) is 5.15 Å². The predicted octanol–water partition coefficient (Wildman–Crippen LogP) is 4.19. The number of rotatable bonds is 4. The van der Waals surface area contributed by atoms with E-state index in [2.05, 4.69) is 36.6 Å². The van der Waals surface area contributed by atoms with Gasteiger partial charge in [0.2, 0.25) is 0 Å². The number of benzene rings is 1. The van der Waals surface area contributed by atoms with Crippen molar-refractivity contribution < 1.29 is 27.6 Å². The maximum absolute atomic E-state index is 13.1. The fourth-order valence-electron chi connectivity index (χ4n) is 4.35. The van der Waals surface area contributed by atoms with Crippen molar-refractivity contribution in [1.82, 2.24) is 30.2 Å². The van der Waals surface area contributed by atoms with Gasteiger partial charge in [0.15, 0.2) is 11.5 Å². The Morgan fingerprint density at radius 3 is 2.71 bits per heavy atom. The number of nitriles is 1. The van der Waals surface area contributed by atoms with Crippen LogP contribution in [0.3, 0.4) is 0 Å². The second kappa shape index (κ2) is 11.0. The highest BCUT2D eigenvalue weighted by molar-refractivity contribution is 6.29. The van der Waals surface area contributed by atoms with Crippen molar-refractivity contribution >= 4 is 35.1 Å². The van der Waals surface area contributed by atoms with Gasteiger partial charge in [0.25, 0.3) is 0 Å². The van der Waals surface area contributed by atoms with Crippen LogP contribution in [0.4, 0.5) is 23.8 Å². The lowest BCUT2D eigenvalue weighted by molar-refractivity contribution is -0.199. The topological polar surface area (TPSA) is 138 Å². The zero-order valence-corrected chi connectivity index (χ0v) is 22.0. The Labute approximate surface area is 235 Å². The van der Waals surface area contributed by atoms with Gasteiger partial charge in [0.1, 0.15) is 10.8 Å². The molecule has 4 heterocycles. The zero-order chi connectivity index (χ0) is 29.3. The predicted molar refractivity (Wildman–Crippen MR) is 141 cm³/mol. The van der Waals surface area contributed by atoms with Crippen molar-refractivity contribution in [1.29, 1.82) is 5.26 Å². The number of amides is 2. The number of pyridine rings is 1. The summed E-state index contributed by atoms with van der Waals surface area (Å²) in [5.74, 6) is -3.01. The first-order valence-corrected chi connectivity index (χ1v) is 12.6. The maximum atomic E-state index is 13.1. The van der Waals surface area contributed by atoms with Crippen molar-refractivity contribution in [3.05, 3.63) is 65.1 Å². The van der Waals surface area contributed by atoms with E-state index >= 15 is 0 Å². The fourth-order valence-corrected chi connectivity index (χ4v) is 4.60. The molecule has 2 N–H and O–H groups in total. The first-order chi connectivity index (χ1) is 19.5. The molecule has 0 aliphatic carbocycles. The molecule has 11 nitrogen and oxygen atoms in total. The van der Waals surface area contributed by atoms with Gasteiger partial charge in [-0.25, -0.2) is 24.1 Å². The van der Waals surface area contributed by atoms with E-state index in [1.807, 2.05) is 0 Å². The summed E-state index contributed by atoms with van der Waals surface area (Å²) in [6, 6.07) is 11.6. The van der Waals surface area contributed by atoms with Gasteiger partial charge in [0, 0.05) is 36.1 Å². The minimum atomic E-state index is -5.37. The van der Waals surface area contributed by atoms with Gasteiger partial charge in [-0.05, 0) is 49.7 Å². The summed E-state index contributed by atoms with van der Waals surface area (Å²) in [6.45, 7) is 2.70. The molecule has 1 saturated heterocycles. The lowest BCUT2D eigenvalue weighted by Gasteiger charge is -2.23. The molecule has 1 fully saturated rings. The van der Waals surface area contributed by atoms with Gasteiger partial charge >= 0.3 is 18.2 Å². The Morgan fingerprint density at radius 1 is 1.22 bits per heavy atom. The number of halogens is 4. The van der Waals surface area contributed by atoms with Gasteiger partial charge in [-0.15, -0.1) is 5.06 Å². The molecule has 0 saturated carbocycles. The number of alkyl halides is 3. The van der Waals surface area contributed by atoms with Crippen LogP contribution >= 0.6 is 11.6 Å². The van der Waals surface area contributed by atoms with Crippen molar-refractivity contribution in [3.63, 3.8) is 0 Å². The average molecular weight is 585 g/mol. The number of hydrogen-bond donors (Lipinski definition) is 2. The highest BCUT2D eigenvalue weighted by Crippen LogP contribution is 2.36. The summed E-state index contributed by atoms with van der Waals surface area (Å²) >= 11 is 6.24. The molecule has 0 radical (unpaired) electrons. The van der Waals surface area contributed by atoms with Crippen LogP contribution in [0.5, 0.6) is 0 Å². The number of urea groups is 1. The molecule has 3 aromatic heterocycles. The summed E-state index contributed by atoms with van der Waals surface area (Å²) in [5.41, 5.74) is 2.84. The van der Waals surface area contributed by atoms with E-state index in [4.69, 9.17) is 11.6 Å². The van der Waals surface area contributed by atoms with Crippen molar-refractivity contribution in [2.45, 2.75) is 25.6 Å². The number of hydrogen-bond acceptors (Lipinski definition) is 8. The minimum Gasteiger partial charge on any atom is -0.331 e. The second-order valence-corrected chi connectivity index (χ2v) is 9.49. The summed E-state index contributed by atoms with van der Waals surface area (Å²) in [6.07, 6.45) is -3.49. The first-order valence-electron chi connectivity index (χ1n) is 12.2. The average Bonchev–Trinajstić information content (AvgIpc) is 3.57. The summed E-state index contributed by atoms with van der Waals surface area (Å²) in [7, 11) is 0. The standard InChI is InChI=1S/C26H20ClF3N8O3/c1-14-9-17(11-19(27)33-14)21-22(16-4-2-3-15(10-16)12-31)36-37-8-6-20(35-23(21)37)38(41-24(39)26(28,29)30)25(40)34-18-5-7-32-13-18/h2-4,6,8-11,18,32H,5,7,13H2,1H3,(H,34,40)/t18-/m1/s1. The van der Waals surface area contributed by atoms with Crippen LogP contribution in [0.1, 0.15) is 17.7 Å². The third-order valence-corrected chi connectivity index (χ3v) is 6.33. The molecule has 1 aliphatic rings. The molecule has 5 rings (SSSR count). The number of hydroxylamine groups is 1. The van der Waals surface area contributed by atoms with E-state index < -0.39 is 30.0 Å². The molecule has 41 heavy (non-hydrogen) atoms. The first kappa shape index (κ1) is 27.8. The number of carbonyl (C=O) groups excluding carboxylic acids is 2. The van der Waals surface area contributed by atoms with Crippen molar-refractivity contribution in [2.24, 2.45) is 0 Å². The lowest BCUT2D eigenvalue weighted by atomic mass is 10.00. The number of nitrogens with zero attached hydrogens (tertiary/aromatic N) is 6. The highest BCUT2D eigenvalue weighted by atomic mass is 35.5. The molecule has 4 aromatic rings. The number of aryl methyl sites for hydroxylation is 1. The normalized spacial score (nSPS) is 15.0. The van der Waals surface area contributed by atoms with Crippen molar-refractivity contribution in [2.75, 3.05) is 18.2 Å². The van der Waals surface area contributed by atoms with Crippen LogP contribution < -0.4 is 15.7 Å². The van der Waals surface area contributed by atoms with E-state index in [-0.39, 0.29) is 15.9 Å². The van der Waals surface area contributed by atoms with Gasteiger partial charge < -0.3 is 15.5 Å². The molecular weight excluding hydrogens is 565 g/mol. The lowest BCUT2D eigenvalue weighted by Crippen LogP contribution is -2.48. The molecule has 0 bridgehead atoms. The van der Waals surface area contributed by atoms with Crippen LogP contribution in [0.15, 0.2) is 48.7 Å². The van der Waals surface area contributed by atoms with Crippen LogP contribution in [0.25, 0.3) is 28.0 Å². The van der Waals surface area contributed by atoms with Crippen LogP contribution in [0, 0.1) is 18.3 Å². The highest BCUT2D eigenvalue weighted by Gasteiger charge is 2.44. The Hall–Kier alpha value is -4.74. The Bertz CT molecular complexity index is 1680. The molecular formula is C26H20ClF3N8O3. The zero-order valence-electron chi connectivity index (χ0n) is 21.2. The Kier molecular flexibility index (Phi) is 7.48. The second-order valence-electron chi connectivity index (χ2n) is 9.10. The third-order valence-electron chi connectivity index (χ3n) is 6.13. The number of aromatic nitrogens is 4. The van der Waals surface area contributed by atoms with Gasteiger partial charge in [0.05, 0.1) is 17.2 Å². The van der Waals surface area contributed by atoms with Gasteiger partial charge in [-0.3, -0.25) is 0 Å². The number of nitrogens with one attached hydrogen (secondary N) is 2. The van der Waals surface area contributed by atoms with Crippen LogP contribution in [-0.4, -0.2) is 56.9 Å². The molecule has 15 heteroatoms. The number of anilines is 1. The smallest absolute Gasteiger partial charge is 0.331 e. The summed E-state index contributed by atoms with van der Waals surface area (Å²) in [5, 5.41) is 19.9. The van der Waals surface area contributed by atoms with E-state index in [1.165, 1.54) is 16.8 Å². The summed E-state index contributed by atoms with van der Waals surface area (Å²) in [4.78, 5) is 37.9. The molecule has 1 aliphatic heterocycles. The Balaban J connectivity index is 1.68. The summed E-state index contributed by atoms with van der Waals surface area (Å²) < 4.78 is 40.8. The van der Waals surface area contributed by atoms with E-state index in [1.54, 1.807) is 43.3 Å². The van der Waals surface area contributed by atoms with Gasteiger partial charge in [-0.1, -0.05) is 23.7 Å². The molecule has 210 valence electrons. The largest absolute Gasteiger partial charge is 0.493 e. The molecule has 2 amide bonds. The SMILES string of the molecule is Cc1cc(-c2c(-c3cccc(C#N)c3)nn3ccc(N(OC(=O)C(F)(F)F)C(=O)N[C@@H]4CCNC4)nc23)cc(Cl)n1. The number of carbonyl (C=O) groups is 2. The molecule has 1 atom stereocenters. The quantitative estimate of drug-likeness (QED) is 0.269. The minimum absolute atomic E-state index is 0.102. The molecule has 1 aromatic carbocycles. The van der Waals surface area contributed by atoms with Gasteiger partial charge in [-0.2, -0.15) is 23.5 Å². The fraction of sp³-hybridized carbons (Fsp3) is 0.231.